The Kier molecular flexibility index (Phi) is 8.66. The second kappa shape index (κ2) is 9.37. The number of methoxy groups -OCH3 is 1. The lowest BCUT2D eigenvalue weighted by molar-refractivity contribution is -0.153. The lowest BCUT2D eigenvalue weighted by atomic mass is 10.2. The second-order valence-electron chi connectivity index (χ2n) is 4.20. The molecule has 1 aromatic rings. The molecule has 0 saturated heterocycles. The van der Waals surface area contributed by atoms with Gasteiger partial charge in [0.2, 0.25) is 5.91 Å². The average Bonchev–Trinajstić information content (AvgIpc) is 2.42. The molecule has 0 spiro atoms. The molecule has 0 saturated carbocycles. The van der Waals surface area contributed by atoms with Crippen LogP contribution in [-0.4, -0.2) is 39.4 Å². The van der Waals surface area contributed by atoms with E-state index in [0.29, 0.717) is 5.56 Å². The van der Waals surface area contributed by atoms with Crippen LogP contribution in [0.4, 0.5) is 13.2 Å². The zero-order chi connectivity index (χ0) is 15.9. The molecule has 0 atom stereocenters. The number of ether oxygens (including phenoxy) is 2. The highest BCUT2D eigenvalue weighted by molar-refractivity contribution is 5.85. The molecule has 0 aliphatic heterocycles. The predicted molar refractivity (Wildman–Crippen MR) is 77.6 cm³/mol. The number of carbonyl (C=O) groups is 1. The normalized spacial score (nSPS) is 10.6. The SMILES string of the molecule is CNCC(=O)NCc1ccc(OCC(F)(F)F)c(OC)c1.Cl. The highest BCUT2D eigenvalue weighted by Gasteiger charge is 2.29. The first kappa shape index (κ1) is 20.3. The van der Waals surface area contributed by atoms with E-state index < -0.39 is 12.8 Å². The third kappa shape index (κ3) is 7.37. The van der Waals surface area contributed by atoms with E-state index in [-0.39, 0.29) is 42.9 Å². The van der Waals surface area contributed by atoms with Crippen molar-refractivity contribution in [1.29, 1.82) is 0 Å². The van der Waals surface area contributed by atoms with Crippen molar-refractivity contribution in [3.63, 3.8) is 0 Å². The Bertz CT molecular complexity index is 484. The Labute approximate surface area is 132 Å². The van der Waals surface area contributed by atoms with Gasteiger partial charge in [-0.2, -0.15) is 13.2 Å². The molecule has 9 heteroatoms. The third-order valence-corrected chi connectivity index (χ3v) is 2.45. The van der Waals surface area contributed by atoms with Crippen LogP contribution < -0.4 is 20.1 Å². The number of amides is 1. The zero-order valence-corrected chi connectivity index (χ0v) is 12.9. The van der Waals surface area contributed by atoms with Crippen molar-refractivity contribution in [3.8, 4) is 11.5 Å². The van der Waals surface area contributed by atoms with Gasteiger partial charge in [0.25, 0.3) is 0 Å². The monoisotopic (exact) mass is 342 g/mol. The van der Waals surface area contributed by atoms with Crippen LogP contribution in [0.3, 0.4) is 0 Å². The summed E-state index contributed by atoms with van der Waals surface area (Å²) in [6.45, 7) is -0.956. The molecule has 0 aromatic heterocycles. The van der Waals surface area contributed by atoms with Crippen LogP contribution in [0.1, 0.15) is 5.56 Å². The smallest absolute Gasteiger partial charge is 0.422 e. The topological polar surface area (TPSA) is 59.6 Å². The van der Waals surface area contributed by atoms with E-state index in [4.69, 9.17) is 4.74 Å². The molecule has 0 fully saturated rings. The molecule has 0 bridgehead atoms. The average molecular weight is 343 g/mol. The maximum atomic E-state index is 12.1. The van der Waals surface area contributed by atoms with Crippen LogP contribution in [0.25, 0.3) is 0 Å². The molecule has 126 valence electrons. The van der Waals surface area contributed by atoms with Crippen LogP contribution in [-0.2, 0) is 11.3 Å². The van der Waals surface area contributed by atoms with Gasteiger partial charge in [-0.1, -0.05) is 6.07 Å². The zero-order valence-electron chi connectivity index (χ0n) is 12.1. The molecular formula is C13H18ClF3N2O3. The molecule has 22 heavy (non-hydrogen) atoms. The number of benzene rings is 1. The van der Waals surface area contributed by atoms with Gasteiger partial charge in [0.15, 0.2) is 18.1 Å². The Balaban J connectivity index is 0.00000441. The fraction of sp³-hybridized carbons (Fsp3) is 0.462. The largest absolute Gasteiger partial charge is 0.493 e. The maximum absolute atomic E-state index is 12.1. The molecule has 1 amide bonds. The molecule has 0 unspecified atom stereocenters. The van der Waals surface area contributed by atoms with E-state index in [1.807, 2.05) is 0 Å². The summed E-state index contributed by atoms with van der Waals surface area (Å²) in [4.78, 5) is 11.3. The number of nitrogens with one attached hydrogen (secondary N) is 2. The number of alkyl halides is 3. The fourth-order valence-corrected chi connectivity index (χ4v) is 1.52. The van der Waals surface area contributed by atoms with Crippen molar-refractivity contribution in [2.75, 3.05) is 27.3 Å². The number of hydrogen-bond donors (Lipinski definition) is 2. The summed E-state index contributed by atoms with van der Waals surface area (Å²) in [6.07, 6.45) is -4.41. The van der Waals surface area contributed by atoms with Gasteiger partial charge < -0.3 is 20.1 Å². The van der Waals surface area contributed by atoms with E-state index in [0.717, 1.165) is 0 Å². The molecule has 1 aromatic carbocycles. The van der Waals surface area contributed by atoms with Gasteiger partial charge in [0.1, 0.15) is 0 Å². The van der Waals surface area contributed by atoms with Crippen LogP contribution >= 0.6 is 12.4 Å². The standard InChI is InChI=1S/C13H17F3N2O3.ClH/c1-17-7-12(19)18-6-9-3-4-10(11(5-9)20-2)21-8-13(14,15)16;/h3-5,17H,6-8H2,1-2H3,(H,18,19);1H. The number of likely N-dealkylation sites (N-methyl/N-ethyl adjacent to an activating group) is 1. The highest BCUT2D eigenvalue weighted by atomic mass is 35.5. The Morgan fingerprint density at radius 3 is 2.50 bits per heavy atom. The second-order valence-corrected chi connectivity index (χ2v) is 4.20. The van der Waals surface area contributed by atoms with Crippen molar-refractivity contribution in [2.45, 2.75) is 12.7 Å². The first-order chi connectivity index (χ1) is 9.85. The van der Waals surface area contributed by atoms with E-state index in [1.165, 1.54) is 19.2 Å². The molecule has 0 aliphatic rings. The first-order valence-corrected chi connectivity index (χ1v) is 6.13. The highest BCUT2D eigenvalue weighted by Crippen LogP contribution is 2.29. The third-order valence-electron chi connectivity index (χ3n) is 2.45. The fourth-order valence-electron chi connectivity index (χ4n) is 1.52. The Morgan fingerprint density at radius 2 is 1.95 bits per heavy atom. The van der Waals surface area contributed by atoms with Crippen LogP contribution in [0.15, 0.2) is 18.2 Å². The lowest BCUT2D eigenvalue weighted by Gasteiger charge is -2.13. The summed E-state index contributed by atoms with van der Waals surface area (Å²) in [5, 5.41) is 5.35. The van der Waals surface area contributed by atoms with Crippen LogP contribution in [0.5, 0.6) is 11.5 Å². The number of carbonyl (C=O) groups excluding carboxylic acids is 1. The molecule has 5 nitrogen and oxygen atoms in total. The van der Waals surface area contributed by atoms with E-state index in [2.05, 4.69) is 15.4 Å². The van der Waals surface area contributed by atoms with E-state index in [9.17, 15) is 18.0 Å². The minimum absolute atomic E-state index is 0. The molecule has 1 rings (SSSR count). The summed E-state index contributed by atoms with van der Waals surface area (Å²) >= 11 is 0. The molecular weight excluding hydrogens is 325 g/mol. The van der Waals surface area contributed by atoms with Gasteiger partial charge in [-0.3, -0.25) is 4.79 Å². The number of halogens is 4. The first-order valence-electron chi connectivity index (χ1n) is 6.13. The van der Waals surface area contributed by atoms with Crippen molar-refractivity contribution in [1.82, 2.24) is 10.6 Å². The molecule has 0 heterocycles. The summed E-state index contributed by atoms with van der Waals surface area (Å²) in [5.74, 6) is -0.00592. The van der Waals surface area contributed by atoms with Gasteiger partial charge in [-0.05, 0) is 24.7 Å². The minimum Gasteiger partial charge on any atom is -0.493 e. The lowest BCUT2D eigenvalue weighted by Crippen LogP contribution is -2.31. The van der Waals surface area contributed by atoms with Gasteiger partial charge in [0, 0.05) is 6.54 Å². The molecule has 2 N–H and O–H groups in total. The van der Waals surface area contributed by atoms with Gasteiger partial charge in [-0.15, -0.1) is 12.4 Å². The van der Waals surface area contributed by atoms with Crippen molar-refractivity contribution >= 4 is 18.3 Å². The quantitative estimate of drug-likeness (QED) is 0.794. The van der Waals surface area contributed by atoms with Gasteiger partial charge in [0.05, 0.1) is 13.7 Å². The van der Waals surface area contributed by atoms with Gasteiger partial charge >= 0.3 is 6.18 Å². The number of rotatable bonds is 7. The maximum Gasteiger partial charge on any atom is 0.422 e. The summed E-state index contributed by atoms with van der Waals surface area (Å²) in [7, 11) is 2.98. The van der Waals surface area contributed by atoms with Crippen LogP contribution in [0.2, 0.25) is 0 Å². The van der Waals surface area contributed by atoms with Crippen molar-refractivity contribution < 1.29 is 27.4 Å². The van der Waals surface area contributed by atoms with Crippen molar-refractivity contribution in [3.05, 3.63) is 23.8 Å². The summed E-state index contributed by atoms with van der Waals surface area (Å²) < 4.78 is 46.0. The van der Waals surface area contributed by atoms with E-state index in [1.54, 1.807) is 13.1 Å². The van der Waals surface area contributed by atoms with E-state index >= 15 is 0 Å². The minimum atomic E-state index is -4.41. The Hall–Kier alpha value is -1.67. The van der Waals surface area contributed by atoms with Crippen LogP contribution in [0, 0.1) is 0 Å². The van der Waals surface area contributed by atoms with Crippen molar-refractivity contribution in [2.24, 2.45) is 0 Å². The Morgan fingerprint density at radius 1 is 1.27 bits per heavy atom. The molecule has 0 radical (unpaired) electrons. The summed E-state index contributed by atoms with van der Waals surface area (Å²) in [5.41, 5.74) is 0.690. The number of hydrogen-bond acceptors (Lipinski definition) is 4. The van der Waals surface area contributed by atoms with Gasteiger partial charge in [-0.25, -0.2) is 0 Å². The summed E-state index contributed by atoms with van der Waals surface area (Å²) in [6, 6.07) is 4.46. The predicted octanol–water partition coefficient (Wildman–Crippen LogP) is 1.89. The molecule has 0 aliphatic carbocycles.